The first-order valence-electron chi connectivity index (χ1n) is 11.6. The van der Waals surface area contributed by atoms with Crippen LogP contribution in [0.25, 0.3) is 0 Å². The summed E-state index contributed by atoms with van der Waals surface area (Å²) in [6, 6.07) is 0. The van der Waals surface area contributed by atoms with Gasteiger partial charge in [-0.1, -0.05) is 116 Å². The number of hydrogen-bond acceptors (Lipinski definition) is 2. The molecule has 0 saturated heterocycles. The highest BCUT2D eigenvalue weighted by Gasteiger charge is 2.18. The van der Waals surface area contributed by atoms with Crippen molar-refractivity contribution in [2.45, 2.75) is 142 Å². The molecule has 26 heavy (non-hydrogen) atoms. The van der Waals surface area contributed by atoms with Gasteiger partial charge in [0.15, 0.2) is 0 Å². The molecule has 0 fully saturated rings. The zero-order valence-electron chi connectivity index (χ0n) is 17.8. The monoisotopic (exact) mass is 366 g/mol. The number of unbranched alkanes of at least 4 members (excludes halogenated alkanes) is 16. The van der Waals surface area contributed by atoms with Crippen LogP contribution in [0.4, 0.5) is 0 Å². The Hall–Kier alpha value is -0.520. The normalized spacial score (nSPS) is 11.4. The topological polar surface area (TPSA) is 40.5 Å². The van der Waals surface area contributed by atoms with Gasteiger partial charge in [-0.3, -0.25) is 0 Å². The van der Waals surface area contributed by atoms with E-state index in [0.717, 1.165) is 25.7 Å². The summed E-state index contributed by atoms with van der Waals surface area (Å²) in [5, 5.41) is 19.8. The summed E-state index contributed by atoms with van der Waals surface area (Å²) in [4.78, 5) is 0. The van der Waals surface area contributed by atoms with Gasteiger partial charge < -0.3 is 10.2 Å². The third kappa shape index (κ3) is 19.8. The van der Waals surface area contributed by atoms with E-state index in [1.54, 1.807) is 0 Å². The first-order chi connectivity index (χ1) is 12.6. The van der Waals surface area contributed by atoms with Crippen LogP contribution in [0.1, 0.15) is 136 Å². The molecule has 0 aliphatic rings. The van der Waals surface area contributed by atoms with E-state index in [0.29, 0.717) is 6.42 Å². The van der Waals surface area contributed by atoms with Gasteiger partial charge in [0.1, 0.15) is 0 Å². The van der Waals surface area contributed by atoms with Gasteiger partial charge in [0.25, 0.3) is 0 Å². The van der Waals surface area contributed by atoms with Crippen LogP contribution in [-0.4, -0.2) is 16.0 Å². The Bertz CT molecular complexity index is 338. The van der Waals surface area contributed by atoms with E-state index in [1.807, 2.05) is 0 Å². The zero-order valence-corrected chi connectivity index (χ0v) is 17.8. The van der Waals surface area contributed by atoms with Crippen LogP contribution in [0.2, 0.25) is 0 Å². The van der Waals surface area contributed by atoms with E-state index in [9.17, 15) is 10.2 Å². The van der Waals surface area contributed by atoms with E-state index >= 15 is 0 Å². The molecule has 0 saturated carbocycles. The summed E-state index contributed by atoms with van der Waals surface area (Å²) in [7, 11) is 0. The fraction of sp³-hybridized carbons (Fsp3) is 0.917. The second kappa shape index (κ2) is 19.2. The molecule has 0 aromatic rings. The molecule has 2 nitrogen and oxygen atoms in total. The summed E-state index contributed by atoms with van der Waals surface area (Å²) < 4.78 is 0. The van der Waals surface area contributed by atoms with E-state index < -0.39 is 5.79 Å². The maximum Gasteiger partial charge on any atom is 0.228 e. The lowest BCUT2D eigenvalue weighted by Crippen LogP contribution is -2.25. The zero-order chi connectivity index (χ0) is 19.3. The molecule has 0 aliphatic heterocycles. The molecular weight excluding hydrogens is 320 g/mol. The molecule has 0 aromatic carbocycles. The van der Waals surface area contributed by atoms with Crippen molar-refractivity contribution in [3.8, 4) is 11.8 Å². The summed E-state index contributed by atoms with van der Waals surface area (Å²) >= 11 is 0. The highest BCUT2D eigenvalue weighted by atomic mass is 16.5. The minimum Gasteiger partial charge on any atom is -0.356 e. The second-order valence-electron chi connectivity index (χ2n) is 7.92. The number of hydrogen-bond donors (Lipinski definition) is 2. The molecule has 0 amide bonds. The highest BCUT2D eigenvalue weighted by Crippen LogP contribution is 2.15. The first-order valence-corrected chi connectivity index (χ1v) is 11.6. The van der Waals surface area contributed by atoms with Crippen molar-refractivity contribution in [2.75, 3.05) is 0 Å². The largest absolute Gasteiger partial charge is 0.356 e. The molecule has 0 radical (unpaired) electrons. The molecule has 0 unspecified atom stereocenters. The van der Waals surface area contributed by atoms with E-state index in [-0.39, 0.29) is 0 Å². The van der Waals surface area contributed by atoms with Crippen molar-refractivity contribution in [3.05, 3.63) is 0 Å². The summed E-state index contributed by atoms with van der Waals surface area (Å²) in [5.41, 5.74) is 0. The first kappa shape index (κ1) is 25.5. The fourth-order valence-electron chi connectivity index (χ4n) is 3.30. The molecule has 0 aliphatic carbocycles. The van der Waals surface area contributed by atoms with Crippen molar-refractivity contribution in [3.63, 3.8) is 0 Å². The van der Waals surface area contributed by atoms with Crippen LogP contribution in [0.3, 0.4) is 0 Å². The minimum absolute atomic E-state index is 0.382. The Balaban J connectivity index is 3.42. The summed E-state index contributed by atoms with van der Waals surface area (Å²) in [6.45, 7) is 4.47. The molecule has 0 atom stereocenters. The van der Waals surface area contributed by atoms with Crippen molar-refractivity contribution >= 4 is 0 Å². The number of rotatable bonds is 18. The lowest BCUT2D eigenvalue weighted by Gasteiger charge is -2.14. The Morgan fingerprint density at radius 2 is 0.923 bits per heavy atom. The van der Waals surface area contributed by atoms with Crippen molar-refractivity contribution < 1.29 is 10.2 Å². The van der Waals surface area contributed by atoms with Gasteiger partial charge in [-0.05, 0) is 18.8 Å². The molecule has 0 heterocycles. The van der Waals surface area contributed by atoms with Gasteiger partial charge in [-0.2, -0.15) is 0 Å². The third-order valence-corrected chi connectivity index (χ3v) is 5.07. The Morgan fingerprint density at radius 3 is 1.38 bits per heavy atom. The Labute approximate surface area is 164 Å². The van der Waals surface area contributed by atoms with Crippen LogP contribution in [0.15, 0.2) is 0 Å². The smallest absolute Gasteiger partial charge is 0.228 e. The maximum atomic E-state index is 9.90. The van der Waals surface area contributed by atoms with Crippen molar-refractivity contribution in [1.82, 2.24) is 0 Å². The van der Waals surface area contributed by atoms with Crippen LogP contribution in [0.5, 0.6) is 0 Å². The Morgan fingerprint density at radius 1 is 0.538 bits per heavy atom. The van der Waals surface area contributed by atoms with Gasteiger partial charge in [-0.25, -0.2) is 0 Å². The van der Waals surface area contributed by atoms with E-state index in [1.165, 1.54) is 89.9 Å². The van der Waals surface area contributed by atoms with Crippen LogP contribution < -0.4 is 0 Å². The van der Waals surface area contributed by atoms with Crippen LogP contribution in [-0.2, 0) is 0 Å². The average Bonchev–Trinajstić information content (AvgIpc) is 2.62. The minimum atomic E-state index is -1.78. The number of aliphatic hydroxyl groups is 2. The lowest BCUT2D eigenvalue weighted by atomic mass is 10.0. The maximum absolute atomic E-state index is 9.90. The third-order valence-electron chi connectivity index (χ3n) is 5.07. The van der Waals surface area contributed by atoms with Gasteiger partial charge >= 0.3 is 0 Å². The molecule has 0 aromatic heterocycles. The fourth-order valence-corrected chi connectivity index (χ4v) is 3.30. The highest BCUT2D eigenvalue weighted by molar-refractivity contribution is 5.08. The molecule has 154 valence electrons. The van der Waals surface area contributed by atoms with Crippen molar-refractivity contribution in [2.24, 2.45) is 0 Å². The van der Waals surface area contributed by atoms with Gasteiger partial charge in [0.05, 0.1) is 0 Å². The molecule has 2 N–H and O–H groups in total. The molecule has 0 spiro atoms. The summed E-state index contributed by atoms with van der Waals surface area (Å²) in [6.07, 6.45) is 22.7. The quantitative estimate of drug-likeness (QED) is 0.154. The standard InChI is InChI=1S/C24H46O2/c1-3-5-7-9-11-12-13-14-15-17-19-21-23-24(25,26)22-20-18-16-10-8-6-4-2/h25-26H,3-19,21,23H2,1-2H3. The van der Waals surface area contributed by atoms with Gasteiger partial charge in [0, 0.05) is 12.8 Å². The molecular formula is C24H46O2. The van der Waals surface area contributed by atoms with Crippen LogP contribution in [0, 0.1) is 11.8 Å². The molecule has 0 rings (SSSR count). The lowest BCUT2D eigenvalue weighted by molar-refractivity contribution is -0.115. The predicted molar refractivity (Wildman–Crippen MR) is 114 cm³/mol. The average molecular weight is 367 g/mol. The van der Waals surface area contributed by atoms with Gasteiger partial charge in [0.2, 0.25) is 5.79 Å². The van der Waals surface area contributed by atoms with Crippen molar-refractivity contribution in [1.29, 1.82) is 0 Å². The second-order valence-corrected chi connectivity index (χ2v) is 7.92. The van der Waals surface area contributed by atoms with Crippen LogP contribution >= 0.6 is 0 Å². The predicted octanol–water partition coefficient (Wildman–Crippen LogP) is 7.12. The van der Waals surface area contributed by atoms with E-state index in [4.69, 9.17) is 0 Å². The Kier molecular flexibility index (Phi) is 18.9. The molecule has 2 heteroatoms. The van der Waals surface area contributed by atoms with E-state index in [2.05, 4.69) is 25.7 Å². The SMILES string of the molecule is CCCCCCCC#CC(O)(O)CCCCCCCCCCCCCC. The summed E-state index contributed by atoms with van der Waals surface area (Å²) in [5.74, 6) is 3.82. The molecule has 0 bridgehead atoms. The van der Waals surface area contributed by atoms with Gasteiger partial charge in [-0.15, -0.1) is 0 Å².